The second-order valence-corrected chi connectivity index (χ2v) is 6.75. The van der Waals surface area contributed by atoms with Crippen LogP contribution in [0.25, 0.3) is 6.08 Å². The summed E-state index contributed by atoms with van der Waals surface area (Å²) < 4.78 is 5.48. The Kier molecular flexibility index (Phi) is 4.71. The lowest BCUT2D eigenvalue weighted by Gasteiger charge is -2.38. The fraction of sp³-hybridized carbons (Fsp3) is 0.474. The first-order valence-electron chi connectivity index (χ1n) is 8.48. The van der Waals surface area contributed by atoms with Gasteiger partial charge in [0.1, 0.15) is 0 Å². The maximum atomic E-state index is 12.6. The number of nitrogens with zero attached hydrogens (tertiary/aromatic N) is 1. The molecular formula is C19H24N2O3. The second-order valence-electron chi connectivity index (χ2n) is 6.75. The molecule has 2 amide bonds. The fourth-order valence-electron chi connectivity index (χ4n) is 3.84. The van der Waals surface area contributed by atoms with Crippen molar-refractivity contribution >= 4 is 17.9 Å². The molecule has 2 fully saturated rings. The highest BCUT2D eigenvalue weighted by Crippen LogP contribution is 2.44. The number of primary amides is 1. The normalized spacial score (nSPS) is 23.0. The summed E-state index contributed by atoms with van der Waals surface area (Å²) in [6.07, 6.45) is 6.54. The molecule has 5 heteroatoms. The van der Waals surface area contributed by atoms with Crippen molar-refractivity contribution in [1.82, 2.24) is 4.90 Å². The predicted molar refractivity (Wildman–Crippen MR) is 92.3 cm³/mol. The molecule has 1 aromatic rings. The maximum absolute atomic E-state index is 12.6. The number of hydrogen-bond donors (Lipinski definition) is 1. The summed E-state index contributed by atoms with van der Waals surface area (Å²) >= 11 is 0. The largest absolute Gasteiger partial charge is 0.381 e. The van der Waals surface area contributed by atoms with Gasteiger partial charge in [0.2, 0.25) is 11.8 Å². The first-order valence-corrected chi connectivity index (χ1v) is 8.48. The molecule has 0 aromatic heterocycles. The summed E-state index contributed by atoms with van der Waals surface area (Å²) in [7, 11) is 0. The van der Waals surface area contributed by atoms with E-state index >= 15 is 0 Å². The molecule has 2 aliphatic rings. The lowest BCUT2D eigenvalue weighted by atomic mass is 9.74. The Bertz CT molecular complexity index is 645. The SMILES string of the molecule is CC1N(C(=O)/C=C/c2ccc(C(N)=O)cc2)CCC12CCOCC2. The molecule has 3 rings (SSSR count). The summed E-state index contributed by atoms with van der Waals surface area (Å²) in [6, 6.07) is 7.16. The van der Waals surface area contributed by atoms with Crippen LogP contribution in [0, 0.1) is 5.41 Å². The third-order valence-corrected chi connectivity index (χ3v) is 5.59. The zero-order valence-corrected chi connectivity index (χ0v) is 14.0. The van der Waals surface area contributed by atoms with E-state index in [-0.39, 0.29) is 17.4 Å². The molecule has 2 aliphatic heterocycles. The Balaban J connectivity index is 1.65. The Labute approximate surface area is 142 Å². The van der Waals surface area contributed by atoms with E-state index in [1.54, 1.807) is 36.4 Å². The van der Waals surface area contributed by atoms with Crippen LogP contribution in [0.2, 0.25) is 0 Å². The van der Waals surface area contributed by atoms with Crippen molar-refractivity contribution in [3.05, 3.63) is 41.5 Å². The summed E-state index contributed by atoms with van der Waals surface area (Å²) in [4.78, 5) is 25.6. The average Bonchev–Trinajstić information content (AvgIpc) is 2.90. The molecule has 0 aliphatic carbocycles. The number of likely N-dealkylation sites (tertiary alicyclic amines) is 1. The molecule has 1 atom stereocenters. The third-order valence-electron chi connectivity index (χ3n) is 5.59. The van der Waals surface area contributed by atoms with E-state index in [4.69, 9.17) is 10.5 Å². The summed E-state index contributed by atoms with van der Waals surface area (Å²) in [5.74, 6) is -0.404. The van der Waals surface area contributed by atoms with Gasteiger partial charge < -0.3 is 15.4 Å². The molecule has 0 radical (unpaired) electrons. The van der Waals surface area contributed by atoms with Gasteiger partial charge >= 0.3 is 0 Å². The van der Waals surface area contributed by atoms with Crippen molar-refractivity contribution < 1.29 is 14.3 Å². The van der Waals surface area contributed by atoms with Gasteiger partial charge in [0.15, 0.2) is 0 Å². The fourth-order valence-corrected chi connectivity index (χ4v) is 3.84. The van der Waals surface area contributed by atoms with E-state index in [2.05, 4.69) is 6.92 Å². The molecule has 5 nitrogen and oxygen atoms in total. The molecule has 0 saturated carbocycles. The van der Waals surface area contributed by atoms with Gasteiger partial charge in [0.05, 0.1) is 0 Å². The minimum atomic E-state index is -0.450. The van der Waals surface area contributed by atoms with E-state index in [9.17, 15) is 9.59 Å². The van der Waals surface area contributed by atoms with Gasteiger partial charge in [0.25, 0.3) is 0 Å². The van der Waals surface area contributed by atoms with Crippen molar-refractivity contribution in [2.24, 2.45) is 11.1 Å². The predicted octanol–water partition coefficient (Wildman–Crippen LogP) is 2.22. The van der Waals surface area contributed by atoms with Crippen LogP contribution in [0.4, 0.5) is 0 Å². The van der Waals surface area contributed by atoms with Gasteiger partial charge in [-0.2, -0.15) is 0 Å². The lowest BCUT2D eigenvalue weighted by molar-refractivity contribution is -0.128. The van der Waals surface area contributed by atoms with Crippen LogP contribution in [0.15, 0.2) is 30.3 Å². The van der Waals surface area contributed by atoms with Crippen molar-refractivity contribution in [2.45, 2.75) is 32.2 Å². The molecule has 1 spiro atoms. The van der Waals surface area contributed by atoms with Gasteiger partial charge in [-0.25, -0.2) is 0 Å². The third kappa shape index (κ3) is 3.22. The maximum Gasteiger partial charge on any atom is 0.248 e. The molecule has 2 heterocycles. The molecule has 2 saturated heterocycles. The van der Waals surface area contributed by atoms with E-state index in [1.165, 1.54) is 0 Å². The first kappa shape index (κ1) is 16.7. The minimum absolute atomic E-state index is 0.0462. The van der Waals surface area contributed by atoms with Crippen molar-refractivity contribution in [2.75, 3.05) is 19.8 Å². The number of hydrogen-bond acceptors (Lipinski definition) is 3. The van der Waals surface area contributed by atoms with Crippen LogP contribution in [0.5, 0.6) is 0 Å². The number of nitrogens with two attached hydrogens (primary N) is 1. The molecule has 1 unspecified atom stereocenters. The summed E-state index contributed by atoms with van der Waals surface area (Å²) in [6.45, 7) is 4.57. The molecule has 0 bridgehead atoms. The van der Waals surface area contributed by atoms with E-state index in [1.807, 2.05) is 4.90 Å². The van der Waals surface area contributed by atoms with Crippen molar-refractivity contribution in [3.63, 3.8) is 0 Å². The lowest BCUT2D eigenvalue weighted by Crippen LogP contribution is -2.42. The molecular weight excluding hydrogens is 304 g/mol. The highest BCUT2D eigenvalue weighted by Gasteiger charge is 2.46. The molecule has 24 heavy (non-hydrogen) atoms. The standard InChI is InChI=1S/C19H24N2O3/c1-14-19(9-12-24-13-10-19)8-11-21(14)17(22)7-4-15-2-5-16(6-3-15)18(20)23/h2-7,14H,8-13H2,1H3,(H2,20,23)/b7-4+. The van der Waals surface area contributed by atoms with Gasteiger partial charge in [-0.15, -0.1) is 0 Å². The minimum Gasteiger partial charge on any atom is -0.381 e. The highest BCUT2D eigenvalue weighted by atomic mass is 16.5. The van der Waals surface area contributed by atoms with E-state index in [0.29, 0.717) is 5.56 Å². The van der Waals surface area contributed by atoms with Crippen LogP contribution in [0.1, 0.15) is 42.1 Å². The Morgan fingerprint density at radius 3 is 2.50 bits per heavy atom. The number of carbonyl (C=O) groups is 2. The van der Waals surface area contributed by atoms with Crippen LogP contribution in [-0.2, 0) is 9.53 Å². The second kappa shape index (κ2) is 6.77. The smallest absolute Gasteiger partial charge is 0.248 e. The Morgan fingerprint density at radius 2 is 1.88 bits per heavy atom. The summed E-state index contributed by atoms with van der Waals surface area (Å²) in [5.41, 5.74) is 6.79. The van der Waals surface area contributed by atoms with Crippen LogP contribution in [0.3, 0.4) is 0 Å². The van der Waals surface area contributed by atoms with Gasteiger partial charge in [-0.05, 0) is 55.4 Å². The molecule has 2 N–H and O–H groups in total. The average molecular weight is 328 g/mol. The van der Waals surface area contributed by atoms with Gasteiger partial charge in [-0.3, -0.25) is 9.59 Å². The zero-order valence-electron chi connectivity index (χ0n) is 14.0. The van der Waals surface area contributed by atoms with Gasteiger partial charge in [-0.1, -0.05) is 12.1 Å². The van der Waals surface area contributed by atoms with Crippen LogP contribution in [-0.4, -0.2) is 42.5 Å². The van der Waals surface area contributed by atoms with Crippen molar-refractivity contribution in [3.8, 4) is 0 Å². The first-order chi connectivity index (χ1) is 11.5. The van der Waals surface area contributed by atoms with E-state index < -0.39 is 5.91 Å². The Morgan fingerprint density at radius 1 is 1.21 bits per heavy atom. The number of rotatable bonds is 3. The quantitative estimate of drug-likeness (QED) is 0.865. The van der Waals surface area contributed by atoms with E-state index in [0.717, 1.165) is 44.6 Å². The molecule has 128 valence electrons. The summed E-state index contributed by atoms with van der Waals surface area (Å²) in [5, 5.41) is 0. The monoisotopic (exact) mass is 328 g/mol. The van der Waals surface area contributed by atoms with Crippen LogP contribution < -0.4 is 5.73 Å². The highest BCUT2D eigenvalue weighted by molar-refractivity contribution is 5.94. The van der Waals surface area contributed by atoms with Crippen LogP contribution >= 0.6 is 0 Å². The number of carbonyl (C=O) groups excluding carboxylic acids is 2. The van der Waals surface area contributed by atoms with Gasteiger partial charge in [0, 0.05) is 37.4 Å². The Hall–Kier alpha value is -2.14. The van der Waals surface area contributed by atoms with Crippen molar-refractivity contribution in [1.29, 1.82) is 0 Å². The topological polar surface area (TPSA) is 72.6 Å². The number of benzene rings is 1. The zero-order chi connectivity index (χ0) is 17.2. The number of ether oxygens (including phenoxy) is 1. The number of amides is 2. The molecule has 1 aromatic carbocycles.